The van der Waals surface area contributed by atoms with Crippen molar-refractivity contribution in [1.82, 2.24) is 19.2 Å². The van der Waals surface area contributed by atoms with Crippen LogP contribution in [0.25, 0.3) is 5.69 Å². The van der Waals surface area contributed by atoms with Crippen LogP contribution in [-0.4, -0.2) is 41.3 Å². The van der Waals surface area contributed by atoms with Crippen molar-refractivity contribution in [1.29, 1.82) is 0 Å². The first-order valence-corrected chi connectivity index (χ1v) is 12.2. The van der Waals surface area contributed by atoms with Crippen molar-refractivity contribution in [2.45, 2.75) is 38.1 Å². The smallest absolute Gasteiger partial charge is 0.243 e. The molecule has 1 saturated heterocycles. The largest absolute Gasteiger partial charge is 0.352 e. The summed E-state index contributed by atoms with van der Waals surface area (Å²) in [6, 6.07) is 14.9. The molecule has 4 rings (SSSR count). The van der Waals surface area contributed by atoms with E-state index in [1.54, 1.807) is 30.5 Å². The number of aromatic nitrogens is 2. The van der Waals surface area contributed by atoms with Gasteiger partial charge in [-0.15, -0.1) is 0 Å². The summed E-state index contributed by atoms with van der Waals surface area (Å²) in [6.45, 7) is 5.03. The van der Waals surface area contributed by atoms with Gasteiger partial charge in [0, 0.05) is 43.6 Å². The number of hydrogen-bond acceptors (Lipinski definition) is 4. The van der Waals surface area contributed by atoms with Gasteiger partial charge >= 0.3 is 0 Å². The predicted octanol–water partition coefficient (Wildman–Crippen LogP) is 3.21. The summed E-state index contributed by atoms with van der Waals surface area (Å²) in [5, 5.41) is 3.00. The van der Waals surface area contributed by atoms with Crippen molar-refractivity contribution in [3.63, 3.8) is 0 Å². The first-order chi connectivity index (χ1) is 15.3. The molecule has 1 aliphatic rings. The van der Waals surface area contributed by atoms with Gasteiger partial charge in [0.05, 0.1) is 4.90 Å². The van der Waals surface area contributed by atoms with Gasteiger partial charge in [-0.3, -0.25) is 4.79 Å². The number of imidazole rings is 1. The monoisotopic (exact) mass is 452 g/mol. The van der Waals surface area contributed by atoms with Crippen LogP contribution in [0, 0.1) is 19.8 Å². The normalized spacial score (nSPS) is 15.6. The Balaban J connectivity index is 1.29. The van der Waals surface area contributed by atoms with Crippen LogP contribution in [-0.2, 0) is 21.4 Å². The lowest BCUT2D eigenvalue weighted by Crippen LogP contribution is -2.42. The van der Waals surface area contributed by atoms with Crippen LogP contribution < -0.4 is 5.32 Å². The van der Waals surface area contributed by atoms with Crippen LogP contribution in [0.15, 0.2) is 65.8 Å². The molecule has 3 aromatic rings. The predicted molar refractivity (Wildman–Crippen MR) is 123 cm³/mol. The maximum Gasteiger partial charge on any atom is 0.243 e. The van der Waals surface area contributed by atoms with Crippen molar-refractivity contribution in [3.05, 3.63) is 77.9 Å². The number of rotatable bonds is 6. The van der Waals surface area contributed by atoms with Gasteiger partial charge in [-0.2, -0.15) is 4.31 Å². The molecule has 1 aromatic heterocycles. The first-order valence-electron chi connectivity index (χ1n) is 10.8. The fraction of sp³-hybridized carbons (Fsp3) is 0.333. The van der Waals surface area contributed by atoms with Crippen molar-refractivity contribution in [3.8, 4) is 5.69 Å². The Hall–Kier alpha value is -2.97. The van der Waals surface area contributed by atoms with E-state index in [0.29, 0.717) is 37.4 Å². The molecule has 1 amide bonds. The van der Waals surface area contributed by atoms with E-state index in [1.807, 2.05) is 48.9 Å². The van der Waals surface area contributed by atoms with E-state index in [-0.39, 0.29) is 11.8 Å². The minimum atomic E-state index is -3.51. The highest BCUT2D eigenvalue weighted by molar-refractivity contribution is 7.89. The van der Waals surface area contributed by atoms with E-state index in [4.69, 9.17) is 0 Å². The third-order valence-corrected chi connectivity index (χ3v) is 7.90. The number of aryl methyl sites for hydroxylation is 2. The molecule has 0 radical (unpaired) electrons. The van der Waals surface area contributed by atoms with Gasteiger partial charge in [-0.25, -0.2) is 13.4 Å². The van der Waals surface area contributed by atoms with Gasteiger partial charge < -0.3 is 9.88 Å². The van der Waals surface area contributed by atoms with Gasteiger partial charge in [0.1, 0.15) is 5.82 Å². The summed E-state index contributed by atoms with van der Waals surface area (Å²) in [6.07, 6.45) is 4.73. The molecule has 0 atom stereocenters. The second-order valence-corrected chi connectivity index (χ2v) is 10.2. The average Bonchev–Trinajstić information content (AvgIpc) is 3.24. The number of benzene rings is 2. The van der Waals surface area contributed by atoms with E-state index >= 15 is 0 Å². The maximum absolute atomic E-state index is 12.8. The lowest BCUT2D eigenvalue weighted by atomic mass is 9.97. The minimum absolute atomic E-state index is 0.0214. The molecule has 1 aliphatic heterocycles. The van der Waals surface area contributed by atoms with E-state index in [0.717, 1.165) is 22.6 Å². The first kappa shape index (κ1) is 22.2. The molecule has 0 saturated carbocycles. The summed E-state index contributed by atoms with van der Waals surface area (Å²) >= 11 is 0. The van der Waals surface area contributed by atoms with Crippen LogP contribution >= 0.6 is 0 Å². The van der Waals surface area contributed by atoms with Crippen molar-refractivity contribution in [2.75, 3.05) is 13.1 Å². The Morgan fingerprint density at radius 3 is 2.28 bits per heavy atom. The Bertz CT molecular complexity index is 1180. The fourth-order valence-corrected chi connectivity index (χ4v) is 5.45. The molecular weight excluding hydrogens is 424 g/mol. The molecule has 1 N–H and O–H groups in total. The summed E-state index contributed by atoms with van der Waals surface area (Å²) in [7, 11) is -3.51. The Morgan fingerprint density at radius 2 is 1.69 bits per heavy atom. The summed E-state index contributed by atoms with van der Waals surface area (Å²) in [4.78, 5) is 17.2. The van der Waals surface area contributed by atoms with Gasteiger partial charge in [0.2, 0.25) is 15.9 Å². The number of sulfonamides is 1. The number of carbonyl (C=O) groups excluding carboxylic acids is 1. The molecule has 2 aromatic carbocycles. The third-order valence-electron chi connectivity index (χ3n) is 5.99. The summed E-state index contributed by atoms with van der Waals surface area (Å²) < 4.78 is 29.2. The van der Waals surface area contributed by atoms with Crippen LogP contribution in [0.1, 0.15) is 29.8 Å². The maximum atomic E-state index is 12.8. The zero-order valence-corrected chi connectivity index (χ0v) is 19.2. The van der Waals surface area contributed by atoms with E-state index in [1.165, 1.54) is 4.31 Å². The molecular formula is C24H28N4O3S. The Morgan fingerprint density at radius 1 is 1.03 bits per heavy atom. The Labute approximate surface area is 189 Å². The van der Waals surface area contributed by atoms with Gasteiger partial charge in [0.15, 0.2) is 0 Å². The molecule has 1 fully saturated rings. The second kappa shape index (κ2) is 9.26. The highest BCUT2D eigenvalue weighted by atomic mass is 32.2. The lowest BCUT2D eigenvalue weighted by Gasteiger charge is -2.30. The number of hydrogen-bond donors (Lipinski definition) is 1. The molecule has 168 valence electrons. The van der Waals surface area contributed by atoms with Crippen LogP contribution in [0.3, 0.4) is 0 Å². The zero-order valence-electron chi connectivity index (χ0n) is 18.4. The van der Waals surface area contributed by atoms with Crippen molar-refractivity contribution < 1.29 is 13.2 Å². The average molecular weight is 453 g/mol. The molecule has 0 spiro atoms. The molecule has 0 unspecified atom stereocenters. The number of piperidine rings is 1. The number of carbonyl (C=O) groups is 1. The topological polar surface area (TPSA) is 84.3 Å². The van der Waals surface area contributed by atoms with Gasteiger partial charge in [0.25, 0.3) is 0 Å². The SMILES string of the molecule is Cc1ccc(S(=O)(=O)N2CCC(C(=O)NCc3ccc(-n4ccnc4C)cc3)CC2)cc1. The minimum Gasteiger partial charge on any atom is -0.352 e. The zero-order chi connectivity index (χ0) is 22.7. The molecule has 32 heavy (non-hydrogen) atoms. The van der Waals surface area contributed by atoms with Crippen LogP contribution in [0.5, 0.6) is 0 Å². The molecule has 2 heterocycles. The highest BCUT2D eigenvalue weighted by Crippen LogP contribution is 2.24. The van der Waals surface area contributed by atoms with Crippen molar-refractivity contribution in [2.24, 2.45) is 5.92 Å². The summed E-state index contributed by atoms with van der Waals surface area (Å²) in [5.74, 6) is 0.723. The number of nitrogens with one attached hydrogen (secondary N) is 1. The van der Waals surface area contributed by atoms with Crippen LogP contribution in [0.2, 0.25) is 0 Å². The quantitative estimate of drug-likeness (QED) is 0.622. The highest BCUT2D eigenvalue weighted by Gasteiger charge is 2.31. The standard InChI is InChI=1S/C24H28N4O3S/c1-18-3-9-23(10-4-18)32(30,31)27-14-11-21(12-15-27)24(29)26-17-20-5-7-22(8-6-20)28-16-13-25-19(28)2/h3-10,13,16,21H,11-12,14-15,17H2,1-2H3,(H,26,29). The van der Waals surface area contributed by atoms with E-state index < -0.39 is 10.0 Å². The van der Waals surface area contributed by atoms with Gasteiger partial charge in [-0.1, -0.05) is 29.8 Å². The molecule has 0 aliphatic carbocycles. The second-order valence-electron chi connectivity index (χ2n) is 8.22. The van der Waals surface area contributed by atoms with Crippen LogP contribution in [0.4, 0.5) is 0 Å². The number of nitrogens with zero attached hydrogens (tertiary/aromatic N) is 3. The number of amides is 1. The third kappa shape index (κ3) is 4.76. The summed E-state index contributed by atoms with van der Waals surface area (Å²) in [5.41, 5.74) is 3.06. The molecule has 7 nitrogen and oxygen atoms in total. The van der Waals surface area contributed by atoms with Crippen molar-refractivity contribution >= 4 is 15.9 Å². The molecule has 0 bridgehead atoms. The Kier molecular flexibility index (Phi) is 6.43. The van der Waals surface area contributed by atoms with E-state index in [2.05, 4.69) is 10.3 Å². The lowest BCUT2D eigenvalue weighted by molar-refractivity contribution is -0.126. The molecule has 8 heteroatoms. The van der Waals surface area contributed by atoms with Gasteiger partial charge in [-0.05, 0) is 56.5 Å². The van der Waals surface area contributed by atoms with E-state index in [9.17, 15) is 13.2 Å². The fourth-order valence-electron chi connectivity index (χ4n) is 3.98.